The Morgan fingerprint density at radius 1 is 1.00 bits per heavy atom. The molecule has 2 aromatic carbocycles. The minimum atomic E-state index is -0.225. The summed E-state index contributed by atoms with van der Waals surface area (Å²) in [6.45, 7) is 4.30. The van der Waals surface area contributed by atoms with E-state index in [0.29, 0.717) is 22.9 Å². The molecule has 0 atom stereocenters. The lowest BCUT2D eigenvalue weighted by Crippen LogP contribution is -2.12. The van der Waals surface area contributed by atoms with Crippen LogP contribution in [0.25, 0.3) is 0 Å². The summed E-state index contributed by atoms with van der Waals surface area (Å²) in [5.74, 6) is 0.851. The number of hydrogen-bond donors (Lipinski definition) is 2. The van der Waals surface area contributed by atoms with Gasteiger partial charge in [-0.1, -0.05) is 38.1 Å². The summed E-state index contributed by atoms with van der Waals surface area (Å²) < 4.78 is 5.18. The molecule has 3 rings (SSSR count). The summed E-state index contributed by atoms with van der Waals surface area (Å²) in [6.07, 6.45) is 3.26. The van der Waals surface area contributed by atoms with E-state index in [1.165, 1.54) is 5.56 Å². The Morgan fingerprint density at radius 3 is 2.59 bits per heavy atom. The van der Waals surface area contributed by atoms with Gasteiger partial charge in [-0.15, -0.1) is 0 Å². The lowest BCUT2D eigenvalue weighted by Gasteiger charge is -2.15. The van der Waals surface area contributed by atoms with Crippen LogP contribution in [0, 0.1) is 0 Å². The third-order valence-electron chi connectivity index (χ3n) is 4.19. The molecule has 0 radical (unpaired) electrons. The van der Waals surface area contributed by atoms with Gasteiger partial charge >= 0.3 is 0 Å². The maximum absolute atomic E-state index is 12.6. The first-order valence-electron chi connectivity index (χ1n) is 8.83. The zero-order valence-corrected chi connectivity index (χ0v) is 15.7. The Bertz CT molecular complexity index is 938. The summed E-state index contributed by atoms with van der Waals surface area (Å²) in [6, 6.07) is 17.2. The summed E-state index contributed by atoms with van der Waals surface area (Å²) in [5.41, 5.74) is 4.14. The molecule has 0 spiro atoms. The molecular weight excluding hydrogens is 338 g/mol. The second-order valence-corrected chi connectivity index (χ2v) is 6.52. The Labute approximate surface area is 159 Å². The van der Waals surface area contributed by atoms with E-state index in [1.807, 2.05) is 36.4 Å². The third kappa shape index (κ3) is 4.64. The van der Waals surface area contributed by atoms with E-state index in [2.05, 4.69) is 35.5 Å². The van der Waals surface area contributed by atoms with Gasteiger partial charge in [0.2, 0.25) is 0 Å². The minimum Gasteiger partial charge on any atom is -0.497 e. The molecule has 0 fully saturated rings. The van der Waals surface area contributed by atoms with Crippen LogP contribution in [0.5, 0.6) is 5.75 Å². The van der Waals surface area contributed by atoms with E-state index in [9.17, 15) is 4.79 Å². The van der Waals surface area contributed by atoms with Crippen LogP contribution in [0.3, 0.4) is 0 Å². The average Bonchev–Trinajstić information content (AvgIpc) is 2.68. The number of amides is 1. The number of hydrogen-bond acceptors (Lipinski definition) is 4. The van der Waals surface area contributed by atoms with Crippen molar-refractivity contribution in [2.75, 3.05) is 17.7 Å². The number of nitrogens with zero attached hydrogens (tertiary/aromatic N) is 1. The van der Waals surface area contributed by atoms with E-state index in [4.69, 9.17) is 4.74 Å². The molecule has 27 heavy (non-hydrogen) atoms. The quantitative estimate of drug-likeness (QED) is 0.633. The number of para-hydroxylation sites is 1. The zero-order chi connectivity index (χ0) is 19.2. The Kier molecular flexibility index (Phi) is 5.71. The van der Waals surface area contributed by atoms with Crippen molar-refractivity contribution in [1.29, 1.82) is 0 Å². The standard InChI is InChI=1S/C22H23N3O2/c1-15(2)20-9-4-5-10-21(20)24-18-11-16(13-23-14-18)22(26)25-17-7-6-8-19(12-17)27-3/h4-15,24H,1-3H3,(H,25,26). The molecule has 0 aliphatic carbocycles. The molecule has 1 heterocycles. The SMILES string of the molecule is COc1cccc(NC(=O)c2cncc(Nc3ccccc3C(C)C)c2)c1. The average molecular weight is 361 g/mol. The van der Waals surface area contributed by atoms with Crippen LogP contribution in [0.15, 0.2) is 67.0 Å². The van der Waals surface area contributed by atoms with Crippen LogP contribution in [-0.4, -0.2) is 18.0 Å². The number of nitrogens with one attached hydrogen (secondary N) is 2. The molecule has 0 unspecified atom stereocenters. The van der Waals surface area contributed by atoms with Gasteiger partial charge in [0.1, 0.15) is 5.75 Å². The molecule has 1 amide bonds. The van der Waals surface area contributed by atoms with Gasteiger partial charge in [-0.25, -0.2) is 0 Å². The van der Waals surface area contributed by atoms with E-state index in [-0.39, 0.29) is 5.91 Å². The van der Waals surface area contributed by atoms with Crippen LogP contribution in [0.2, 0.25) is 0 Å². The van der Waals surface area contributed by atoms with Gasteiger partial charge in [0.05, 0.1) is 24.6 Å². The molecular formula is C22H23N3O2. The molecule has 138 valence electrons. The van der Waals surface area contributed by atoms with Gasteiger partial charge in [0.25, 0.3) is 5.91 Å². The molecule has 0 bridgehead atoms. The third-order valence-corrected chi connectivity index (χ3v) is 4.19. The van der Waals surface area contributed by atoms with Gasteiger partial charge in [0, 0.05) is 23.6 Å². The first-order valence-corrected chi connectivity index (χ1v) is 8.83. The normalized spacial score (nSPS) is 10.5. The molecule has 0 saturated carbocycles. The van der Waals surface area contributed by atoms with E-state index < -0.39 is 0 Å². The Hall–Kier alpha value is -3.34. The molecule has 1 aromatic heterocycles. The van der Waals surface area contributed by atoms with Crippen LogP contribution in [-0.2, 0) is 0 Å². The first kappa shape index (κ1) is 18.5. The van der Waals surface area contributed by atoms with Crippen molar-refractivity contribution in [3.05, 3.63) is 78.1 Å². The summed E-state index contributed by atoms with van der Waals surface area (Å²) >= 11 is 0. The van der Waals surface area contributed by atoms with Crippen LogP contribution < -0.4 is 15.4 Å². The highest BCUT2D eigenvalue weighted by Gasteiger charge is 2.10. The summed E-state index contributed by atoms with van der Waals surface area (Å²) in [5, 5.41) is 6.24. The van der Waals surface area contributed by atoms with Gasteiger partial charge in [0.15, 0.2) is 0 Å². The van der Waals surface area contributed by atoms with Gasteiger partial charge in [-0.2, -0.15) is 0 Å². The molecule has 3 aromatic rings. The number of carbonyl (C=O) groups excluding carboxylic acids is 1. The summed E-state index contributed by atoms with van der Waals surface area (Å²) in [7, 11) is 1.59. The van der Waals surface area contributed by atoms with Crippen molar-refractivity contribution in [3.8, 4) is 5.75 Å². The van der Waals surface area contributed by atoms with E-state index in [1.54, 1.807) is 31.6 Å². The zero-order valence-electron chi connectivity index (χ0n) is 15.7. The van der Waals surface area contributed by atoms with Crippen molar-refractivity contribution in [2.45, 2.75) is 19.8 Å². The smallest absolute Gasteiger partial charge is 0.257 e. The Morgan fingerprint density at radius 2 is 1.81 bits per heavy atom. The van der Waals surface area contributed by atoms with E-state index in [0.717, 1.165) is 11.4 Å². The largest absolute Gasteiger partial charge is 0.497 e. The Balaban J connectivity index is 1.78. The second kappa shape index (κ2) is 8.36. The highest BCUT2D eigenvalue weighted by Crippen LogP contribution is 2.27. The minimum absolute atomic E-state index is 0.225. The molecule has 0 aliphatic rings. The van der Waals surface area contributed by atoms with Crippen LogP contribution >= 0.6 is 0 Å². The highest BCUT2D eigenvalue weighted by atomic mass is 16.5. The van der Waals surface area contributed by atoms with Gasteiger partial charge in [-0.05, 0) is 35.7 Å². The number of methoxy groups -OCH3 is 1. The molecule has 0 saturated heterocycles. The number of pyridine rings is 1. The fourth-order valence-electron chi connectivity index (χ4n) is 2.81. The van der Waals surface area contributed by atoms with Crippen LogP contribution in [0.1, 0.15) is 35.7 Å². The van der Waals surface area contributed by atoms with Crippen molar-refractivity contribution >= 4 is 23.0 Å². The fourth-order valence-corrected chi connectivity index (χ4v) is 2.81. The number of anilines is 3. The molecule has 0 aliphatic heterocycles. The topological polar surface area (TPSA) is 63.2 Å². The molecule has 5 heteroatoms. The van der Waals surface area contributed by atoms with Crippen LogP contribution in [0.4, 0.5) is 17.1 Å². The lowest BCUT2D eigenvalue weighted by molar-refractivity contribution is 0.102. The van der Waals surface area contributed by atoms with Crippen molar-refractivity contribution in [2.24, 2.45) is 0 Å². The van der Waals surface area contributed by atoms with Crippen molar-refractivity contribution in [3.63, 3.8) is 0 Å². The molecule has 5 nitrogen and oxygen atoms in total. The molecule has 2 N–H and O–H groups in total. The van der Waals surface area contributed by atoms with Crippen molar-refractivity contribution < 1.29 is 9.53 Å². The second-order valence-electron chi connectivity index (χ2n) is 6.52. The van der Waals surface area contributed by atoms with Crippen molar-refractivity contribution in [1.82, 2.24) is 4.98 Å². The number of ether oxygens (including phenoxy) is 1. The maximum Gasteiger partial charge on any atom is 0.257 e. The number of benzene rings is 2. The number of carbonyl (C=O) groups is 1. The van der Waals surface area contributed by atoms with Gasteiger partial charge < -0.3 is 15.4 Å². The fraction of sp³-hybridized carbons (Fsp3) is 0.182. The highest BCUT2D eigenvalue weighted by molar-refractivity contribution is 6.04. The lowest BCUT2D eigenvalue weighted by atomic mass is 10.0. The van der Waals surface area contributed by atoms with Gasteiger partial charge in [-0.3, -0.25) is 9.78 Å². The first-order chi connectivity index (χ1) is 13.1. The monoisotopic (exact) mass is 361 g/mol. The number of aromatic nitrogens is 1. The predicted octanol–water partition coefficient (Wildman–Crippen LogP) is 5.21. The van der Waals surface area contributed by atoms with E-state index >= 15 is 0 Å². The maximum atomic E-state index is 12.6. The summed E-state index contributed by atoms with van der Waals surface area (Å²) in [4.78, 5) is 16.8. The predicted molar refractivity (Wildman–Crippen MR) is 109 cm³/mol. The number of rotatable bonds is 6.